The summed E-state index contributed by atoms with van der Waals surface area (Å²) in [5, 5.41) is 2.89. The number of piperidine rings is 1. The molecule has 4 rings (SSSR count). The highest BCUT2D eigenvalue weighted by atomic mass is 32.2. The van der Waals surface area contributed by atoms with Gasteiger partial charge in [-0.15, -0.1) is 0 Å². The molecule has 2 saturated heterocycles. The predicted molar refractivity (Wildman–Crippen MR) is 128 cm³/mol. The quantitative estimate of drug-likeness (QED) is 0.662. The molecule has 33 heavy (non-hydrogen) atoms. The summed E-state index contributed by atoms with van der Waals surface area (Å²) in [4.78, 5) is 15.1. The second kappa shape index (κ2) is 9.44. The molecule has 2 aromatic rings. The molecule has 2 atom stereocenters. The molecule has 0 bridgehead atoms. The summed E-state index contributed by atoms with van der Waals surface area (Å²) in [7, 11) is -5.53. The highest BCUT2D eigenvalue weighted by Gasteiger charge is 2.42. The van der Waals surface area contributed by atoms with Gasteiger partial charge in [-0.05, 0) is 62.3 Å². The molecule has 1 amide bonds. The topological polar surface area (TPSA) is 104 Å². The largest absolute Gasteiger partial charge is 0.347 e. The minimum atomic E-state index is -3.78. The summed E-state index contributed by atoms with van der Waals surface area (Å²) in [5.74, 6) is -0.422. The van der Waals surface area contributed by atoms with Crippen molar-refractivity contribution < 1.29 is 21.6 Å². The minimum Gasteiger partial charge on any atom is -0.347 e. The maximum Gasteiger partial charge on any atom is 0.264 e. The van der Waals surface area contributed by atoms with Crippen molar-refractivity contribution in [3.63, 3.8) is 0 Å². The van der Waals surface area contributed by atoms with Gasteiger partial charge in [0.15, 0.2) is 9.84 Å². The molecule has 0 saturated carbocycles. The van der Waals surface area contributed by atoms with Gasteiger partial charge in [0.1, 0.15) is 0 Å². The number of sulfonamides is 1. The van der Waals surface area contributed by atoms with E-state index in [4.69, 9.17) is 0 Å². The van der Waals surface area contributed by atoms with Crippen LogP contribution in [0.25, 0.3) is 0 Å². The molecule has 0 unspecified atom stereocenters. The van der Waals surface area contributed by atoms with Gasteiger partial charge in [-0.3, -0.25) is 14.0 Å². The van der Waals surface area contributed by atoms with Gasteiger partial charge in [0.2, 0.25) is 0 Å². The van der Waals surface area contributed by atoms with Crippen molar-refractivity contribution in [2.45, 2.75) is 36.2 Å². The van der Waals surface area contributed by atoms with Crippen LogP contribution in [0.15, 0.2) is 59.5 Å². The van der Waals surface area contributed by atoms with E-state index in [0.29, 0.717) is 5.69 Å². The van der Waals surface area contributed by atoms with Crippen LogP contribution in [0.3, 0.4) is 0 Å². The molecule has 178 valence electrons. The van der Waals surface area contributed by atoms with E-state index in [1.165, 1.54) is 35.6 Å². The Morgan fingerprint density at radius 3 is 2.24 bits per heavy atom. The highest BCUT2D eigenvalue weighted by Crippen LogP contribution is 2.24. The molecule has 2 fully saturated rings. The van der Waals surface area contributed by atoms with E-state index in [9.17, 15) is 21.6 Å². The summed E-state index contributed by atoms with van der Waals surface area (Å²) >= 11 is 0. The van der Waals surface area contributed by atoms with Gasteiger partial charge in [-0.25, -0.2) is 16.8 Å². The van der Waals surface area contributed by atoms with Gasteiger partial charge < -0.3 is 5.32 Å². The fourth-order valence-electron chi connectivity index (χ4n) is 4.54. The molecule has 0 spiro atoms. The minimum absolute atomic E-state index is 0.0565. The molecule has 10 heteroatoms. The first-order valence-corrected chi connectivity index (χ1v) is 14.3. The van der Waals surface area contributed by atoms with Crippen LogP contribution >= 0.6 is 0 Å². The van der Waals surface area contributed by atoms with Crippen LogP contribution in [-0.2, 0) is 19.9 Å². The van der Waals surface area contributed by atoms with Crippen LogP contribution in [0.5, 0.6) is 0 Å². The maximum absolute atomic E-state index is 12.9. The molecular formula is C23H29N3O5S2. The Morgan fingerprint density at radius 2 is 1.61 bits per heavy atom. The number of hydrogen-bond acceptors (Lipinski definition) is 6. The van der Waals surface area contributed by atoms with Gasteiger partial charge in [-0.1, -0.05) is 24.6 Å². The van der Waals surface area contributed by atoms with Crippen LogP contribution in [0.2, 0.25) is 0 Å². The summed E-state index contributed by atoms with van der Waals surface area (Å²) in [6.45, 7) is 1.68. The normalized spacial score (nSPS) is 23.2. The Labute approximate surface area is 195 Å². The van der Waals surface area contributed by atoms with Crippen molar-refractivity contribution in [1.29, 1.82) is 0 Å². The Morgan fingerprint density at radius 1 is 0.970 bits per heavy atom. The highest BCUT2D eigenvalue weighted by molar-refractivity contribution is 7.92. The molecule has 2 heterocycles. The van der Waals surface area contributed by atoms with Crippen LogP contribution in [-0.4, -0.2) is 71.4 Å². The summed E-state index contributed by atoms with van der Waals surface area (Å²) in [6, 6.07) is 13.7. The van der Waals surface area contributed by atoms with E-state index in [1.54, 1.807) is 24.3 Å². The summed E-state index contributed by atoms with van der Waals surface area (Å²) in [5.41, 5.74) is 0.823. The lowest BCUT2D eigenvalue weighted by Crippen LogP contribution is -2.52. The molecule has 2 aromatic carbocycles. The van der Waals surface area contributed by atoms with Gasteiger partial charge in [-0.2, -0.15) is 0 Å². The van der Waals surface area contributed by atoms with E-state index >= 15 is 0 Å². The Kier molecular flexibility index (Phi) is 6.78. The molecule has 1 N–H and O–H groups in total. The number of sulfone groups is 1. The summed E-state index contributed by atoms with van der Waals surface area (Å²) in [6.07, 6.45) is 3.21. The predicted octanol–water partition coefficient (Wildman–Crippen LogP) is 1.89. The number of rotatable bonds is 6. The Hall–Kier alpha value is -2.43. The third-order valence-electron chi connectivity index (χ3n) is 6.39. The number of carbonyl (C=O) groups is 1. The number of benzene rings is 2. The molecule has 8 nitrogen and oxygen atoms in total. The van der Waals surface area contributed by atoms with Crippen molar-refractivity contribution in [1.82, 2.24) is 10.2 Å². The number of amides is 1. The standard InChI is InChI=1S/C23H29N3O5S2/c1-25(19-8-4-2-5-9-19)33(30,31)20-12-10-18(11-13-20)23(27)24-21-16-32(28,29)17-22(21)26-14-6-3-7-15-26/h2,4-5,8-13,21-22H,3,6-7,14-17H2,1H3,(H,24,27)/t21-,22+/m1/s1. The number of hydrogen-bond donors (Lipinski definition) is 1. The van der Waals surface area contributed by atoms with E-state index in [1.807, 2.05) is 6.07 Å². The van der Waals surface area contributed by atoms with Crippen molar-refractivity contribution in [3.05, 3.63) is 60.2 Å². The van der Waals surface area contributed by atoms with E-state index in [0.717, 1.165) is 32.4 Å². The van der Waals surface area contributed by atoms with Crippen LogP contribution in [0, 0.1) is 0 Å². The molecular weight excluding hydrogens is 462 g/mol. The van der Waals surface area contributed by atoms with Crippen LogP contribution in [0.1, 0.15) is 29.6 Å². The second-order valence-corrected chi connectivity index (χ2v) is 12.8. The van der Waals surface area contributed by atoms with Gasteiger partial charge in [0, 0.05) is 18.7 Å². The van der Waals surface area contributed by atoms with Crippen LogP contribution in [0.4, 0.5) is 5.69 Å². The van der Waals surface area contributed by atoms with Gasteiger partial charge >= 0.3 is 0 Å². The van der Waals surface area contributed by atoms with Gasteiger partial charge in [0.05, 0.1) is 28.1 Å². The maximum atomic E-state index is 12.9. The van der Waals surface area contributed by atoms with Crippen molar-refractivity contribution in [3.8, 4) is 0 Å². The first kappa shape index (κ1) is 23.7. The molecule has 0 aromatic heterocycles. The lowest BCUT2D eigenvalue weighted by Gasteiger charge is -2.35. The number of nitrogens with zero attached hydrogens (tertiary/aromatic N) is 2. The van der Waals surface area contributed by atoms with Crippen molar-refractivity contribution >= 4 is 31.5 Å². The zero-order chi connectivity index (χ0) is 23.6. The number of likely N-dealkylation sites (tertiary alicyclic amines) is 1. The third-order valence-corrected chi connectivity index (χ3v) is 9.91. The zero-order valence-electron chi connectivity index (χ0n) is 18.6. The SMILES string of the molecule is CN(c1ccccc1)S(=O)(=O)c1ccc(C(=O)N[C@@H]2CS(=O)(=O)C[C@@H]2N2CCCCC2)cc1. The Balaban J connectivity index is 1.48. The smallest absolute Gasteiger partial charge is 0.264 e. The lowest BCUT2D eigenvalue weighted by atomic mass is 10.0. The number of anilines is 1. The first-order chi connectivity index (χ1) is 15.7. The van der Waals surface area contributed by atoms with Crippen LogP contribution < -0.4 is 9.62 Å². The second-order valence-electron chi connectivity index (χ2n) is 8.65. The summed E-state index contributed by atoms with van der Waals surface area (Å²) < 4.78 is 51.7. The molecule has 2 aliphatic rings. The number of nitrogens with one attached hydrogen (secondary N) is 1. The average molecular weight is 492 g/mol. The third kappa shape index (κ3) is 5.23. The number of carbonyl (C=O) groups excluding carboxylic acids is 1. The lowest BCUT2D eigenvalue weighted by molar-refractivity contribution is 0.0900. The number of para-hydroxylation sites is 1. The fraction of sp³-hybridized carbons (Fsp3) is 0.435. The van der Waals surface area contributed by atoms with Gasteiger partial charge in [0.25, 0.3) is 15.9 Å². The molecule has 0 radical (unpaired) electrons. The monoisotopic (exact) mass is 491 g/mol. The van der Waals surface area contributed by atoms with Crippen molar-refractivity contribution in [2.24, 2.45) is 0 Å². The fourth-order valence-corrected chi connectivity index (χ4v) is 7.69. The first-order valence-electron chi connectivity index (χ1n) is 11.1. The molecule has 0 aliphatic carbocycles. The molecule has 2 aliphatic heterocycles. The zero-order valence-corrected chi connectivity index (χ0v) is 20.2. The van der Waals surface area contributed by atoms with E-state index in [2.05, 4.69) is 10.2 Å². The van der Waals surface area contributed by atoms with Crippen molar-refractivity contribution in [2.75, 3.05) is 35.9 Å². The Bertz CT molecular complexity index is 1190. The van der Waals surface area contributed by atoms with E-state index in [-0.39, 0.29) is 28.0 Å². The average Bonchev–Trinajstić information content (AvgIpc) is 3.13. The van der Waals surface area contributed by atoms with E-state index < -0.39 is 31.8 Å².